The molecule has 0 fully saturated rings. The van der Waals surface area contributed by atoms with Crippen LogP contribution in [0.25, 0.3) is 11.3 Å². The number of nitrogens with zero attached hydrogens (tertiary/aromatic N) is 1. The topological polar surface area (TPSA) is 50.2 Å². The number of rotatable bonds is 3. The van der Waals surface area contributed by atoms with Gasteiger partial charge in [0, 0.05) is 11.8 Å². The van der Waals surface area contributed by atoms with Gasteiger partial charge < -0.3 is 5.11 Å². The van der Waals surface area contributed by atoms with Crippen LogP contribution in [0, 0.1) is 0 Å². The molecule has 1 aromatic carbocycles. The monoisotopic (exact) mass is 315 g/mol. The summed E-state index contributed by atoms with van der Waals surface area (Å²) in [4.78, 5) is 14.4. The highest BCUT2D eigenvalue weighted by Gasteiger charge is 2.31. The number of carbonyl (C=O) groups is 1. The summed E-state index contributed by atoms with van der Waals surface area (Å²) in [7, 11) is 0. The molecule has 0 aliphatic heterocycles. The highest BCUT2D eigenvalue weighted by atomic mass is 35.5. The molecule has 110 valence electrons. The standard InChI is InChI=1S/C14H9ClF3NO2/c15-11-6-10(14(16,17)18)7-19-13(11)9-3-1-2-8(4-9)5-12(20)21/h1-4,6-7H,5H2,(H,20,21). The third-order valence-electron chi connectivity index (χ3n) is 2.72. The van der Waals surface area contributed by atoms with Crippen molar-refractivity contribution in [1.29, 1.82) is 0 Å². The van der Waals surface area contributed by atoms with Gasteiger partial charge in [-0.3, -0.25) is 9.78 Å². The number of pyridine rings is 1. The molecule has 2 aromatic rings. The van der Waals surface area contributed by atoms with Gasteiger partial charge >= 0.3 is 12.1 Å². The van der Waals surface area contributed by atoms with Gasteiger partial charge in [0.15, 0.2) is 0 Å². The maximum atomic E-state index is 12.5. The van der Waals surface area contributed by atoms with Gasteiger partial charge in [0.1, 0.15) is 0 Å². The summed E-state index contributed by atoms with van der Waals surface area (Å²) in [6, 6.07) is 7.15. The van der Waals surface area contributed by atoms with E-state index in [1.54, 1.807) is 18.2 Å². The van der Waals surface area contributed by atoms with Crippen molar-refractivity contribution >= 4 is 17.6 Å². The van der Waals surface area contributed by atoms with E-state index in [2.05, 4.69) is 4.98 Å². The molecule has 21 heavy (non-hydrogen) atoms. The first kappa shape index (κ1) is 15.3. The van der Waals surface area contributed by atoms with Crippen LogP contribution in [-0.4, -0.2) is 16.1 Å². The molecule has 0 bridgehead atoms. The van der Waals surface area contributed by atoms with Crippen molar-refractivity contribution in [2.24, 2.45) is 0 Å². The van der Waals surface area contributed by atoms with Crippen molar-refractivity contribution in [3.63, 3.8) is 0 Å². The summed E-state index contributed by atoms with van der Waals surface area (Å²) < 4.78 is 37.6. The van der Waals surface area contributed by atoms with Crippen LogP contribution in [0.3, 0.4) is 0 Å². The highest BCUT2D eigenvalue weighted by Crippen LogP contribution is 2.34. The van der Waals surface area contributed by atoms with E-state index < -0.39 is 17.7 Å². The Kier molecular flexibility index (Phi) is 4.18. The predicted octanol–water partition coefficient (Wildman–Crippen LogP) is 4.05. The summed E-state index contributed by atoms with van der Waals surface area (Å²) in [6.07, 6.45) is -4.00. The average molecular weight is 316 g/mol. The lowest BCUT2D eigenvalue weighted by atomic mass is 10.0. The fraction of sp³-hybridized carbons (Fsp3) is 0.143. The van der Waals surface area contributed by atoms with Crippen molar-refractivity contribution in [3.05, 3.63) is 52.7 Å². The zero-order valence-electron chi connectivity index (χ0n) is 10.5. The average Bonchev–Trinajstić information content (AvgIpc) is 2.37. The van der Waals surface area contributed by atoms with Crippen molar-refractivity contribution in [1.82, 2.24) is 4.98 Å². The minimum absolute atomic E-state index is 0.141. The lowest BCUT2D eigenvalue weighted by Crippen LogP contribution is -2.06. The second kappa shape index (κ2) is 5.73. The number of halogens is 4. The highest BCUT2D eigenvalue weighted by molar-refractivity contribution is 6.33. The van der Waals surface area contributed by atoms with Crippen molar-refractivity contribution < 1.29 is 23.1 Å². The Morgan fingerprint density at radius 3 is 2.57 bits per heavy atom. The third-order valence-corrected chi connectivity index (χ3v) is 3.01. The molecule has 1 heterocycles. The van der Waals surface area contributed by atoms with Crippen LogP contribution in [0.5, 0.6) is 0 Å². The molecule has 7 heteroatoms. The molecular weight excluding hydrogens is 307 g/mol. The molecule has 0 saturated carbocycles. The number of carboxylic acid groups (broad SMARTS) is 1. The van der Waals surface area contributed by atoms with E-state index in [9.17, 15) is 18.0 Å². The lowest BCUT2D eigenvalue weighted by molar-refractivity contribution is -0.138. The van der Waals surface area contributed by atoms with E-state index in [0.717, 1.165) is 6.07 Å². The fourth-order valence-electron chi connectivity index (χ4n) is 1.81. The summed E-state index contributed by atoms with van der Waals surface area (Å²) in [6.45, 7) is 0. The second-order valence-electron chi connectivity index (χ2n) is 4.32. The third kappa shape index (κ3) is 3.72. The number of hydrogen-bond acceptors (Lipinski definition) is 2. The Labute approximate surface area is 123 Å². The zero-order valence-corrected chi connectivity index (χ0v) is 11.2. The Bertz CT molecular complexity index is 686. The molecule has 1 aromatic heterocycles. The summed E-state index contributed by atoms with van der Waals surface area (Å²) in [5.41, 5.74) is 0.222. The summed E-state index contributed by atoms with van der Waals surface area (Å²) >= 11 is 5.85. The SMILES string of the molecule is O=C(O)Cc1cccc(-c2ncc(C(F)(F)F)cc2Cl)c1. The van der Waals surface area contributed by atoms with Crippen molar-refractivity contribution in [2.75, 3.05) is 0 Å². The molecule has 0 atom stereocenters. The summed E-state index contributed by atoms with van der Waals surface area (Å²) in [5, 5.41) is 8.60. The van der Waals surface area contributed by atoms with Gasteiger partial charge in [-0.25, -0.2) is 0 Å². The molecule has 3 nitrogen and oxygen atoms in total. The largest absolute Gasteiger partial charge is 0.481 e. The van der Waals surface area contributed by atoms with Crippen LogP contribution in [0.4, 0.5) is 13.2 Å². The maximum absolute atomic E-state index is 12.5. The van der Waals surface area contributed by atoms with E-state index in [-0.39, 0.29) is 17.1 Å². The molecular formula is C14H9ClF3NO2. The predicted molar refractivity (Wildman–Crippen MR) is 71.0 cm³/mol. The van der Waals surface area contributed by atoms with Crippen molar-refractivity contribution in [3.8, 4) is 11.3 Å². The van der Waals surface area contributed by atoms with Crippen LogP contribution >= 0.6 is 11.6 Å². The Hall–Kier alpha value is -2.08. The molecule has 0 radical (unpaired) electrons. The number of carboxylic acids is 1. The van der Waals surface area contributed by atoms with E-state index in [0.29, 0.717) is 17.3 Å². The zero-order chi connectivity index (χ0) is 15.6. The number of aromatic nitrogens is 1. The van der Waals surface area contributed by atoms with Crippen LogP contribution in [0.15, 0.2) is 36.5 Å². The van der Waals surface area contributed by atoms with Crippen LogP contribution in [-0.2, 0) is 17.4 Å². The van der Waals surface area contributed by atoms with Gasteiger partial charge in [-0.1, -0.05) is 29.8 Å². The fourth-order valence-corrected chi connectivity index (χ4v) is 2.08. The van der Waals surface area contributed by atoms with Gasteiger partial charge in [0.25, 0.3) is 0 Å². The van der Waals surface area contributed by atoms with E-state index in [1.165, 1.54) is 6.07 Å². The molecule has 0 aliphatic rings. The van der Waals surface area contributed by atoms with Crippen molar-refractivity contribution in [2.45, 2.75) is 12.6 Å². The molecule has 0 spiro atoms. The minimum Gasteiger partial charge on any atom is -0.481 e. The molecule has 1 N–H and O–H groups in total. The number of benzene rings is 1. The van der Waals surface area contributed by atoms with Crippen LogP contribution in [0.1, 0.15) is 11.1 Å². The Balaban J connectivity index is 2.41. The lowest BCUT2D eigenvalue weighted by Gasteiger charge is -2.10. The Morgan fingerprint density at radius 1 is 1.29 bits per heavy atom. The van der Waals surface area contributed by atoms with E-state index >= 15 is 0 Å². The molecule has 0 saturated heterocycles. The first-order valence-electron chi connectivity index (χ1n) is 5.81. The normalized spacial score (nSPS) is 11.4. The van der Waals surface area contributed by atoms with E-state index in [4.69, 9.17) is 16.7 Å². The minimum atomic E-state index is -4.51. The molecule has 0 aliphatic carbocycles. The summed E-state index contributed by atoms with van der Waals surface area (Å²) in [5.74, 6) is -1.00. The smallest absolute Gasteiger partial charge is 0.417 e. The number of hydrogen-bond donors (Lipinski definition) is 1. The molecule has 0 unspecified atom stereocenters. The molecule has 2 rings (SSSR count). The number of aliphatic carboxylic acids is 1. The second-order valence-corrected chi connectivity index (χ2v) is 4.73. The Morgan fingerprint density at radius 2 is 2.00 bits per heavy atom. The molecule has 0 amide bonds. The first-order chi connectivity index (χ1) is 9.77. The van der Waals surface area contributed by atoms with Crippen LogP contribution < -0.4 is 0 Å². The quantitative estimate of drug-likeness (QED) is 0.929. The van der Waals surface area contributed by atoms with Gasteiger partial charge in [-0.05, 0) is 17.7 Å². The van der Waals surface area contributed by atoms with Gasteiger partial charge in [-0.15, -0.1) is 0 Å². The first-order valence-corrected chi connectivity index (χ1v) is 6.19. The van der Waals surface area contributed by atoms with Gasteiger partial charge in [0.2, 0.25) is 0 Å². The van der Waals surface area contributed by atoms with Crippen LogP contribution in [0.2, 0.25) is 5.02 Å². The number of alkyl halides is 3. The maximum Gasteiger partial charge on any atom is 0.417 e. The van der Waals surface area contributed by atoms with Gasteiger partial charge in [0.05, 0.1) is 22.7 Å². The van der Waals surface area contributed by atoms with E-state index in [1.807, 2.05) is 0 Å². The van der Waals surface area contributed by atoms with Gasteiger partial charge in [-0.2, -0.15) is 13.2 Å².